The third-order valence-electron chi connectivity index (χ3n) is 4.11. The third kappa shape index (κ3) is 8.50. The second kappa shape index (κ2) is 14.0. The van der Waals surface area contributed by atoms with Gasteiger partial charge in [0.1, 0.15) is 5.75 Å². The Morgan fingerprint density at radius 1 is 1.13 bits per heavy atom. The van der Waals surface area contributed by atoms with Crippen molar-refractivity contribution in [3.8, 4) is 17.2 Å². The lowest BCUT2D eigenvalue weighted by atomic mass is 10.1. The van der Waals surface area contributed by atoms with Gasteiger partial charge >= 0.3 is 0 Å². The molecule has 0 heterocycles. The van der Waals surface area contributed by atoms with Crippen LogP contribution in [0.1, 0.15) is 12.5 Å². The van der Waals surface area contributed by atoms with Gasteiger partial charge in [-0.3, -0.25) is 4.79 Å². The normalized spacial score (nSPS) is 11.6. The summed E-state index contributed by atoms with van der Waals surface area (Å²) < 4.78 is 21.3. The van der Waals surface area contributed by atoms with E-state index in [0.29, 0.717) is 30.3 Å². The quantitative estimate of drug-likeness (QED) is 0.245. The Labute approximate surface area is 191 Å². The number of methoxy groups -OCH3 is 1. The predicted molar refractivity (Wildman–Crippen MR) is 122 cm³/mol. The summed E-state index contributed by atoms with van der Waals surface area (Å²) in [6, 6.07) is 12.9. The van der Waals surface area contributed by atoms with E-state index in [1.165, 1.54) is 0 Å². The molecular weight excluding hydrogens is 440 g/mol. The summed E-state index contributed by atoms with van der Waals surface area (Å²) in [6.07, 6.45) is 2.62. The van der Waals surface area contributed by atoms with E-state index in [4.69, 9.17) is 24.4 Å². The van der Waals surface area contributed by atoms with Crippen LogP contribution in [-0.2, 0) is 20.5 Å². The van der Waals surface area contributed by atoms with Crippen LogP contribution in [0.15, 0.2) is 47.4 Å². The zero-order valence-corrected chi connectivity index (χ0v) is 19.4. The first-order valence-electron chi connectivity index (χ1n) is 9.61. The fourth-order valence-electron chi connectivity index (χ4n) is 2.86. The topological polar surface area (TPSA) is 101 Å². The first-order chi connectivity index (χ1) is 15.1. The fraction of sp³-hybridized carbons (Fsp3) is 0.381. The van der Waals surface area contributed by atoms with Crippen LogP contribution < -0.4 is 25.4 Å². The van der Waals surface area contributed by atoms with Gasteiger partial charge in [-0.15, -0.1) is 9.32 Å². The smallest absolute Gasteiger partial charge is 0.258 e. The minimum atomic E-state index is -0.201. The van der Waals surface area contributed by atoms with Crippen molar-refractivity contribution < 1.29 is 28.3 Å². The number of nitrogens with two attached hydrogens (primary N) is 1. The number of ether oxygens (including phenoxy) is 3. The molecule has 2 aromatic rings. The zero-order chi connectivity index (χ0) is 22.5. The number of para-hydroxylation sites is 2. The van der Waals surface area contributed by atoms with E-state index in [9.17, 15) is 4.79 Å². The van der Waals surface area contributed by atoms with Crippen LogP contribution in [0.4, 0.5) is 0 Å². The lowest BCUT2D eigenvalue weighted by Gasteiger charge is -2.19. The van der Waals surface area contributed by atoms with Crippen molar-refractivity contribution in [2.24, 2.45) is 5.90 Å². The number of carbonyl (C=O) groups excluding carboxylic acids is 1. The van der Waals surface area contributed by atoms with Crippen molar-refractivity contribution in [1.29, 1.82) is 0 Å². The number of rotatable bonds is 14. The Morgan fingerprint density at radius 2 is 1.87 bits per heavy atom. The number of hydrogen-bond acceptors (Lipinski definition) is 9. The molecule has 0 aromatic heterocycles. The van der Waals surface area contributed by atoms with Gasteiger partial charge in [0.25, 0.3) is 5.91 Å². The van der Waals surface area contributed by atoms with Crippen LogP contribution in [-0.4, -0.2) is 44.3 Å². The molecule has 3 N–H and O–H groups in total. The Kier molecular flexibility index (Phi) is 11.4. The molecule has 10 heteroatoms. The van der Waals surface area contributed by atoms with Crippen molar-refractivity contribution >= 4 is 29.7 Å². The van der Waals surface area contributed by atoms with Gasteiger partial charge < -0.3 is 19.5 Å². The summed E-state index contributed by atoms with van der Waals surface area (Å²) in [6.45, 7) is 2.32. The SMILES string of the molecule is CCOc1ccccc1OCC(=O)N[C@H](CSC)Cc1ccc(OC)c(SOON)c1. The molecule has 0 saturated heterocycles. The van der Waals surface area contributed by atoms with Crippen LogP contribution in [0.25, 0.3) is 0 Å². The summed E-state index contributed by atoms with van der Waals surface area (Å²) in [5.41, 5.74) is 1.01. The highest BCUT2D eigenvalue weighted by Crippen LogP contribution is 2.31. The monoisotopic (exact) mass is 468 g/mol. The summed E-state index contributed by atoms with van der Waals surface area (Å²) in [7, 11) is 1.57. The summed E-state index contributed by atoms with van der Waals surface area (Å²) in [4.78, 5) is 17.4. The maximum Gasteiger partial charge on any atom is 0.258 e. The van der Waals surface area contributed by atoms with Crippen LogP contribution in [0.5, 0.6) is 17.2 Å². The molecule has 0 saturated carbocycles. The molecule has 1 atom stereocenters. The van der Waals surface area contributed by atoms with Gasteiger partial charge in [0.15, 0.2) is 18.1 Å². The number of amides is 1. The second-order valence-electron chi connectivity index (χ2n) is 6.33. The molecular formula is C21H28N2O6S2. The molecule has 2 rings (SSSR count). The van der Waals surface area contributed by atoms with Crippen molar-refractivity contribution in [3.05, 3.63) is 48.0 Å². The van der Waals surface area contributed by atoms with Gasteiger partial charge in [-0.25, -0.2) is 0 Å². The molecule has 0 fully saturated rings. The summed E-state index contributed by atoms with van der Waals surface area (Å²) in [5, 5.41) is 3.04. The van der Waals surface area contributed by atoms with Gasteiger partial charge in [0, 0.05) is 11.8 Å². The van der Waals surface area contributed by atoms with Gasteiger partial charge in [-0.1, -0.05) is 18.2 Å². The molecule has 0 radical (unpaired) electrons. The van der Waals surface area contributed by atoms with Gasteiger partial charge in [0.05, 0.1) is 30.7 Å². The molecule has 0 unspecified atom stereocenters. The molecule has 0 bridgehead atoms. The van der Waals surface area contributed by atoms with Crippen molar-refractivity contribution in [2.45, 2.75) is 24.3 Å². The van der Waals surface area contributed by atoms with Crippen LogP contribution in [0.3, 0.4) is 0 Å². The highest BCUT2D eigenvalue weighted by molar-refractivity contribution is 7.98. The van der Waals surface area contributed by atoms with Gasteiger partial charge in [-0.05, 0) is 49.4 Å². The minimum absolute atomic E-state index is 0.0776. The molecule has 1 amide bonds. The number of carbonyl (C=O) groups is 1. The van der Waals surface area contributed by atoms with E-state index in [-0.39, 0.29) is 18.6 Å². The zero-order valence-electron chi connectivity index (χ0n) is 17.8. The largest absolute Gasteiger partial charge is 0.495 e. The Morgan fingerprint density at radius 3 is 2.52 bits per heavy atom. The third-order valence-corrected chi connectivity index (χ3v) is 5.49. The standard InChI is InChI=1S/C21H28N2O6S2/c1-4-26-17-7-5-6-8-18(17)27-13-21(24)23-16(14-30-3)11-15-9-10-19(25-2)20(12-15)31-29-28-22/h5-10,12,16H,4,11,13-14,22H2,1-3H3,(H,23,24)/t16-/m0/s1. The van der Waals surface area contributed by atoms with E-state index in [1.807, 2.05) is 49.6 Å². The average Bonchev–Trinajstić information content (AvgIpc) is 2.77. The summed E-state index contributed by atoms with van der Waals surface area (Å²) in [5.74, 6) is 7.27. The number of nitrogens with one attached hydrogen (secondary N) is 1. The minimum Gasteiger partial charge on any atom is -0.495 e. The highest BCUT2D eigenvalue weighted by Gasteiger charge is 2.16. The second-order valence-corrected chi connectivity index (χ2v) is 7.98. The van der Waals surface area contributed by atoms with Crippen molar-refractivity contribution in [3.63, 3.8) is 0 Å². The van der Waals surface area contributed by atoms with Crippen LogP contribution in [0, 0.1) is 0 Å². The number of thioether (sulfide) groups is 1. The molecule has 0 spiro atoms. The first kappa shape index (κ1) is 25.2. The average molecular weight is 469 g/mol. The first-order valence-corrected chi connectivity index (χ1v) is 11.7. The maximum atomic E-state index is 12.5. The van der Waals surface area contributed by atoms with Crippen LogP contribution in [0.2, 0.25) is 0 Å². The Hall–Kier alpha value is -2.11. The van der Waals surface area contributed by atoms with E-state index >= 15 is 0 Å². The Bertz CT molecular complexity index is 824. The number of hydrogen-bond donors (Lipinski definition) is 2. The van der Waals surface area contributed by atoms with E-state index < -0.39 is 0 Å². The summed E-state index contributed by atoms with van der Waals surface area (Å²) >= 11 is 2.61. The van der Waals surface area contributed by atoms with E-state index in [1.54, 1.807) is 24.9 Å². The molecule has 2 aromatic carbocycles. The molecule has 0 aliphatic carbocycles. The lowest BCUT2D eigenvalue weighted by molar-refractivity contribution is -0.195. The fourth-order valence-corrected chi connectivity index (χ4v) is 4.01. The molecule has 170 valence electrons. The van der Waals surface area contributed by atoms with E-state index in [0.717, 1.165) is 28.3 Å². The van der Waals surface area contributed by atoms with E-state index in [2.05, 4.69) is 10.3 Å². The van der Waals surface area contributed by atoms with Gasteiger partial charge in [0.2, 0.25) is 0 Å². The Balaban J connectivity index is 1.98. The molecule has 31 heavy (non-hydrogen) atoms. The maximum absolute atomic E-state index is 12.5. The van der Waals surface area contributed by atoms with Crippen molar-refractivity contribution in [1.82, 2.24) is 5.32 Å². The molecule has 0 aliphatic rings. The highest BCUT2D eigenvalue weighted by atomic mass is 32.2. The van der Waals surface area contributed by atoms with Gasteiger partial charge in [-0.2, -0.15) is 17.7 Å². The predicted octanol–water partition coefficient (Wildman–Crippen LogP) is 3.39. The number of benzene rings is 2. The molecule has 0 aliphatic heterocycles. The van der Waals surface area contributed by atoms with Crippen molar-refractivity contribution in [2.75, 3.05) is 32.3 Å². The molecule has 8 nitrogen and oxygen atoms in total. The van der Waals surface area contributed by atoms with Crippen LogP contribution >= 0.6 is 23.8 Å². The lowest BCUT2D eigenvalue weighted by Crippen LogP contribution is -2.40.